The van der Waals surface area contributed by atoms with Crippen molar-refractivity contribution in [2.75, 3.05) is 13.1 Å². The number of amides is 2. The Kier molecular flexibility index (Phi) is 6.96. The van der Waals surface area contributed by atoms with Crippen LogP contribution in [0.1, 0.15) is 33.1 Å². The van der Waals surface area contributed by atoms with E-state index < -0.39 is 0 Å². The van der Waals surface area contributed by atoms with Crippen molar-refractivity contribution in [3.63, 3.8) is 0 Å². The molecule has 0 atom stereocenters. The molecule has 0 aromatic heterocycles. The molecule has 0 saturated carbocycles. The first-order chi connectivity index (χ1) is 6.20. The Hall–Kier alpha value is -1.06. The molecule has 0 heterocycles. The van der Waals surface area contributed by atoms with Gasteiger partial charge >= 0.3 is 0 Å². The van der Waals surface area contributed by atoms with E-state index in [1.54, 1.807) is 0 Å². The van der Waals surface area contributed by atoms with E-state index in [1.807, 2.05) is 13.8 Å². The first-order valence-electron chi connectivity index (χ1n) is 4.74. The summed E-state index contributed by atoms with van der Waals surface area (Å²) in [5.41, 5.74) is 0. The zero-order valence-electron chi connectivity index (χ0n) is 8.35. The summed E-state index contributed by atoms with van der Waals surface area (Å²) in [5.74, 6) is 0.114. The highest BCUT2D eigenvalue weighted by Gasteiger charge is 1.96. The molecule has 0 aromatic rings. The van der Waals surface area contributed by atoms with Crippen LogP contribution in [0.25, 0.3) is 0 Å². The number of carbonyl (C=O) groups excluding carboxylic acids is 2. The zero-order chi connectivity index (χ0) is 10.1. The van der Waals surface area contributed by atoms with Gasteiger partial charge in [0.05, 0.1) is 0 Å². The van der Waals surface area contributed by atoms with E-state index in [9.17, 15) is 9.59 Å². The van der Waals surface area contributed by atoms with Crippen molar-refractivity contribution in [3.8, 4) is 0 Å². The van der Waals surface area contributed by atoms with Crippen LogP contribution in [0.4, 0.5) is 0 Å². The summed E-state index contributed by atoms with van der Waals surface area (Å²) in [7, 11) is 0. The minimum absolute atomic E-state index is 0.0572. The summed E-state index contributed by atoms with van der Waals surface area (Å²) in [6.07, 6.45) is 1.82. The molecule has 2 amide bonds. The molecule has 2 N–H and O–H groups in total. The first kappa shape index (κ1) is 11.9. The summed E-state index contributed by atoms with van der Waals surface area (Å²) < 4.78 is 0. The number of hydrogen-bond acceptors (Lipinski definition) is 2. The number of nitrogens with one attached hydrogen (secondary N) is 2. The molecule has 0 saturated heterocycles. The smallest absolute Gasteiger partial charge is 0.219 e. The Labute approximate surface area is 79.1 Å². The predicted octanol–water partition coefficient (Wildman–Crippen LogP) is 0.429. The zero-order valence-corrected chi connectivity index (χ0v) is 8.35. The topological polar surface area (TPSA) is 58.2 Å². The van der Waals surface area contributed by atoms with Gasteiger partial charge in [0, 0.05) is 25.9 Å². The van der Waals surface area contributed by atoms with E-state index >= 15 is 0 Å². The van der Waals surface area contributed by atoms with Crippen molar-refractivity contribution in [1.29, 1.82) is 0 Å². The van der Waals surface area contributed by atoms with Gasteiger partial charge in [-0.25, -0.2) is 0 Å². The molecule has 0 radical (unpaired) electrons. The molecule has 0 rings (SSSR count). The molecule has 0 aliphatic carbocycles. The van der Waals surface area contributed by atoms with Gasteiger partial charge in [-0.2, -0.15) is 0 Å². The van der Waals surface area contributed by atoms with E-state index in [0.717, 1.165) is 6.42 Å². The highest BCUT2D eigenvalue weighted by molar-refractivity contribution is 5.76. The Morgan fingerprint density at radius 3 is 1.62 bits per heavy atom. The molecule has 0 bridgehead atoms. The number of hydrogen-bond donors (Lipinski definition) is 2. The monoisotopic (exact) mass is 186 g/mol. The molecule has 0 spiro atoms. The van der Waals surface area contributed by atoms with Crippen LogP contribution < -0.4 is 10.6 Å². The second-order valence-corrected chi connectivity index (χ2v) is 2.76. The van der Waals surface area contributed by atoms with E-state index in [2.05, 4.69) is 10.6 Å². The molecule has 4 heteroatoms. The van der Waals surface area contributed by atoms with Crippen molar-refractivity contribution in [2.24, 2.45) is 0 Å². The quantitative estimate of drug-likeness (QED) is 0.591. The molecule has 13 heavy (non-hydrogen) atoms. The minimum Gasteiger partial charge on any atom is -0.356 e. The highest BCUT2D eigenvalue weighted by Crippen LogP contribution is 1.79. The van der Waals surface area contributed by atoms with E-state index in [-0.39, 0.29) is 11.8 Å². The fourth-order valence-electron chi connectivity index (χ4n) is 0.794. The second-order valence-electron chi connectivity index (χ2n) is 2.76. The van der Waals surface area contributed by atoms with Gasteiger partial charge in [-0.1, -0.05) is 13.8 Å². The van der Waals surface area contributed by atoms with Gasteiger partial charge in [0.1, 0.15) is 0 Å². The summed E-state index contributed by atoms with van der Waals surface area (Å²) in [4.78, 5) is 21.5. The Balaban J connectivity index is 3.17. The number of rotatable bonds is 6. The molecule has 0 aromatic carbocycles. The maximum absolute atomic E-state index is 10.8. The third kappa shape index (κ3) is 7.31. The van der Waals surface area contributed by atoms with Crippen molar-refractivity contribution in [2.45, 2.75) is 33.1 Å². The normalized spacial score (nSPS) is 9.38. The minimum atomic E-state index is 0.0572. The Morgan fingerprint density at radius 1 is 0.923 bits per heavy atom. The Morgan fingerprint density at radius 2 is 1.31 bits per heavy atom. The van der Waals surface area contributed by atoms with Crippen molar-refractivity contribution in [1.82, 2.24) is 10.6 Å². The lowest BCUT2D eigenvalue weighted by molar-refractivity contribution is -0.121. The van der Waals surface area contributed by atoms with Crippen molar-refractivity contribution < 1.29 is 9.59 Å². The average Bonchev–Trinajstić information content (AvgIpc) is 2.16. The first-order valence-corrected chi connectivity index (χ1v) is 4.74. The van der Waals surface area contributed by atoms with Crippen LogP contribution in [0.2, 0.25) is 0 Å². The molecule has 4 nitrogen and oxygen atoms in total. The van der Waals surface area contributed by atoms with Crippen LogP contribution >= 0.6 is 0 Å². The van der Waals surface area contributed by atoms with Gasteiger partial charge in [0.25, 0.3) is 0 Å². The average molecular weight is 186 g/mol. The van der Waals surface area contributed by atoms with Gasteiger partial charge in [-0.15, -0.1) is 0 Å². The second kappa shape index (κ2) is 7.58. The Bertz CT molecular complexity index is 151. The van der Waals surface area contributed by atoms with E-state index in [0.29, 0.717) is 25.9 Å². The highest BCUT2D eigenvalue weighted by atomic mass is 16.2. The third-order valence-corrected chi connectivity index (χ3v) is 1.64. The SMILES string of the molecule is CCC(=O)NCCCNC(=O)CC. The van der Waals surface area contributed by atoms with Crippen LogP contribution in [0, 0.1) is 0 Å². The lowest BCUT2D eigenvalue weighted by Crippen LogP contribution is -2.29. The van der Waals surface area contributed by atoms with E-state index in [1.165, 1.54) is 0 Å². The summed E-state index contributed by atoms with van der Waals surface area (Å²) in [6.45, 7) is 4.90. The van der Waals surface area contributed by atoms with Crippen LogP contribution in [0.3, 0.4) is 0 Å². The maximum Gasteiger partial charge on any atom is 0.219 e. The largest absolute Gasteiger partial charge is 0.356 e. The van der Waals surface area contributed by atoms with Gasteiger partial charge in [-0.3, -0.25) is 9.59 Å². The predicted molar refractivity (Wildman–Crippen MR) is 51.2 cm³/mol. The molecular weight excluding hydrogens is 168 g/mol. The van der Waals surface area contributed by atoms with E-state index in [4.69, 9.17) is 0 Å². The molecule has 0 unspecified atom stereocenters. The fourth-order valence-corrected chi connectivity index (χ4v) is 0.794. The summed E-state index contributed by atoms with van der Waals surface area (Å²) in [5, 5.41) is 5.47. The summed E-state index contributed by atoms with van der Waals surface area (Å²) in [6, 6.07) is 0. The van der Waals surface area contributed by atoms with Crippen LogP contribution in [-0.4, -0.2) is 24.9 Å². The molecule has 0 aliphatic rings. The van der Waals surface area contributed by atoms with Crippen LogP contribution in [0.5, 0.6) is 0 Å². The fraction of sp³-hybridized carbons (Fsp3) is 0.778. The number of carbonyl (C=O) groups is 2. The lowest BCUT2D eigenvalue weighted by atomic mass is 10.3. The van der Waals surface area contributed by atoms with Crippen molar-refractivity contribution in [3.05, 3.63) is 0 Å². The molecular formula is C9H18N2O2. The van der Waals surface area contributed by atoms with Gasteiger partial charge in [0.2, 0.25) is 11.8 Å². The van der Waals surface area contributed by atoms with Gasteiger partial charge in [-0.05, 0) is 6.42 Å². The van der Waals surface area contributed by atoms with Gasteiger partial charge < -0.3 is 10.6 Å². The molecule has 0 fully saturated rings. The molecule has 0 aliphatic heterocycles. The van der Waals surface area contributed by atoms with Crippen LogP contribution in [-0.2, 0) is 9.59 Å². The van der Waals surface area contributed by atoms with Crippen molar-refractivity contribution >= 4 is 11.8 Å². The van der Waals surface area contributed by atoms with Crippen LogP contribution in [0.15, 0.2) is 0 Å². The summed E-state index contributed by atoms with van der Waals surface area (Å²) >= 11 is 0. The van der Waals surface area contributed by atoms with Gasteiger partial charge in [0.15, 0.2) is 0 Å². The third-order valence-electron chi connectivity index (χ3n) is 1.64. The maximum atomic E-state index is 10.8. The lowest BCUT2D eigenvalue weighted by Gasteiger charge is -2.04. The molecule has 76 valence electrons. The standard InChI is InChI=1S/C9H18N2O2/c1-3-8(12)10-6-5-7-11-9(13)4-2/h3-7H2,1-2H3,(H,10,12)(H,11,13).